The Hall–Kier alpha value is -7.54. The van der Waals surface area contributed by atoms with Crippen molar-refractivity contribution in [3.05, 3.63) is 194 Å². The lowest BCUT2D eigenvalue weighted by atomic mass is 9.97. The second-order valence-electron chi connectivity index (χ2n) is 14.2. The molecule has 0 aliphatic heterocycles. The minimum absolute atomic E-state index is 0.607. The Kier molecular flexibility index (Phi) is 8.26. The Morgan fingerprint density at radius 3 is 1.43 bits per heavy atom. The van der Waals surface area contributed by atoms with Crippen LogP contribution >= 0.6 is 11.3 Å². The maximum atomic E-state index is 6.44. The number of rotatable bonds is 7. The monoisotopic (exact) mass is 760 g/mol. The Balaban J connectivity index is 1.01. The summed E-state index contributed by atoms with van der Waals surface area (Å²) in [4.78, 5) is 20.3. The molecule has 0 amide bonds. The van der Waals surface area contributed by atoms with E-state index in [2.05, 4.69) is 146 Å². The van der Waals surface area contributed by atoms with E-state index in [-0.39, 0.29) is 0 Å². The van der Waals surface area contributed by atoms with Gasteiger partial charge in [0.05, 0.1) is 0 Å². The SMILES string of the molecule is c1ccc(-c2ccc(-c3nc(-c4ccccc4)nc(-c4cccc(-c5cccc6sc7ccc8oc(-c9ccc(-c%10ccccc%10)cc9)nc8c7c56)c4)n3)cc2)cc1. The summed E-state index contributed by atoms with van der Waals surface area (Å²) in [6.07, 6.45) is 0. The van der Waals surface area contributed by atoms with Gasteiger partial charge in [-0.15, -0.1) is 11.3 Å². The summed E-state index contributed by atoms with van der Waals surface area (Å²) in [5, 5.41) is 2.26. The van der Waals surface area contributed by atoms with Gasteiger partial charge in [0, 0.05) is 42.4 Å². The first-order valence-electron chi connectivity index (χ1n) is 19.2. The minimum Gasteiger partial charge on any atom is -0.436 e. The van der Waals surface area contributed by atoms with Gasteiger partial charge >= 0.3 is 0 Å². The highest BCUT2D eigenvalue weighted by Gasteiger charge is 2.19. The van der Waals surface area contributed by atoms with E-state index < -0.39 is 0 Å². The zero-order valence-corrected chi connectivity index (χ0v) is 31.9. The van der Waals surface area contributed by atoms with Crippen molar-refractivity contribution in [3.63, 3.8) is 0 Å². The molecule has 0 saturated carbocycles. The molecule has 3 heterocycles. The zero-order chi connectivity index (χ0) is 38.4. The first-order chi connectivity index (χ1) is 28.7. The standard InChI is InChI=1S/C52H32N4OS/c1-4-12-33(13-5-1)35-22-26-38(27-23-35)50-54-49(37-16-8-3-9-17-37)55-51(56-50)41-19-10-18-40(32-41)42-20-11-21-44-46(42)47-45(58-44)31-30-43-48(47)53-52(57-43)39-28-24-36(25-29-39)34-14-6-2-7-15-34/h1-32H. The average molecular weight is 761 g/mol. The van der Waals surface area contributed by atoms with Crippen molar-refractivity contribution in [2.24, 2.45) is 0 Å². The topological polar surface area (TPSA) is 64.7 Å². The lowest BCUT2D eigenvalue weighted by Crippen LogP contribution is -2.00. The van der Waals surface area contributed by atoms with Crippen LogP contribution in [0.1, 0.15) is 0 Å². The normalized spacial score (nSPS) is 11.4. The van der Waals surface area contributed by atoms with Crippen molar-refractivity contribution in [2.45, 2.75) is 0 Å². The second-order valence-corrected chi connectivity index (χ2v) is 15.3. The lowest BCUT2D eigenvalue weighted by molar-refractivity contribution is 0.620. The van der Waals surface area contributed by atoms with Crippen LogP contribution in [0.3, 0.4) is 0 Å². The van der Waals surface area contributed by atoms with Crippen LogP contribution in [-0.2, 0) is 0 Å². The van der Waals surface area contributed by atoms with Gasteiger partial charge in [0.2, 0.25) is 5.89 Å². The molecule has 0 aliphatic rings. The smallest absolute Gasteiger partial charge is 0.227 e. The van der Waals surface area contributed by atoms with Crippen LogP contribution in [0.5, 0.6) is 0 Å². The molecular formula is C52H32N4OS. The van der Waals surface area contributed by atoms with E-state index in [0.717, 1.165) is 66.4 Å². The van der Waals surface area contributed by atoms with E-state index in [4.69, 9.17) is 24.4 Å². The molecule has 0 N–H and O–H groups in total. The highest BCUT2D eigenvalue weighted by Crippen LogP contribution is 2.44. The molecular weight excluding hydrogens is 729 g/mol. The molecule has 11 aromatic rings. The molecule has 0 aliphatic carbocycles. The highest BCUT2D eigenvalue weighted by atomic mass is 32.1. The summed E-state index contributed by atoms with van der Waals surface area (Å²) < 4.78 is 8.80. The molecule has 11 rings (SSSR count). The first-order valence-corrected chi connectivity index (χ1v) is 20.0. The average Bonchev–Trinajstić information content (AvgIpc) is 3.92. The van der Waals surface area contributed by atoms with Crippen molar-refractivity contribution >= 4 is 42.6 Å². The molecule has 58 heavy (non-hydrogen) atoms. The van der Waals surface area contributed by atoms with Crippen LogP contribution in [0, 0.1) is 0 Å². The highest BCUT2D eigenvalue weighted by molar-refractivity contribution is 7.26. The van der Waals surface area contributed by atoms with E-state index in [9.17, 15) is 0 Å². The fourth-order valence-electron chi connectivity index (χ4n) is 7.71. The predicted molar refractivity (Wildman–Crippen MR) is 238 cm³/mol. The molecule has 272 valence electrons. The van der Waals surface area contributed by atoms with Gasteiger partial charge in [-0.25, -0.2) is 19.9 Å². The van der Waals surface area contributed by atoms with E-state index in [1.54, 1.807) is 11.3 Å². The Bertz CT molecular complexity index is 3250. The van der Waals surface area contributed by atoms with E-state index in [1.807, 2.05) is 48.5 Å². The van der Waals surface area contributed by atoms with Crippen molar-refractivity contribution in [1.82, 2.24) is 19.9 Å². The summed E-state index contributed by atoms with van der Waals surface area (Å²) >= 11 is 1.77. The molecule has 5 nitrogen and oxygen atoms in total. The maximum absolute atomic E-state index is 6.44. The summed E-state index contributed by atoms with van der Waals surface area (Å²) in [6.45, 7) is 0. The zero-order valence-electron chi connectivity index (χ0n) is 31.1. The van der Waals surface area contributed by atoms with Crippen molar-refractivity contribution in [3.8, 4) is 79.0 Å². The minimum atomic E-state index is 0.607. The van der Waals surface area contributed by atoms with Crippen LogP contribution in [0.2, 0.25) is 0 Å². The number of aromatic nitrogens is 4. The van der Waals surface area contributed by atoms with Crippen LogP contribution in [0.4, 0.5) is 0 Å². The van der Waals surface area contributed by atoms with Gasteiger partial charge in [-0.1, -0.05) is 158 Å². The summed E-state index contributed by atoms with van der Waals surface area (Å²) in [7, 11) is 0. The molecule has 3 aromatic heterocycles. The Morgan fingerprint density at radius 1 is 0.328 bits per heavy atom. The van der Waals surface area contributed by atoms with Gasteiger partial charge in [0.1, 0.15) is 5.52 Å². The van der Waals surface area contributed by atoms with Gasteiger partial charge < -0.3 is 4.42 Å². The van der Waals surface area contributed by atoms with E-state index in [0.29, 0.717) is 23.4 Å². The molecule has 0 spiro atoms. The van der Waals surface area contributed by atoms with Crippen molar-refractivity contribution in [2.75, 3.05) is 0 Å². The van der Waals surface area contributed by atoms with E-state index >= 15 is 0 Å². The summed E-state index contributed by atoms with van der Waals surface area (Å²) in [5.41, 5.74) is 12.1. The quantitative estimate of drug-likeness (QED) is 0.162. The van der Waals surface area contributed by atoms with Gasteiger partial charge in [-0.3, -0.25) is 0 Å². The van der Waals surface area contributed by atoms with Gasteiger partial charge in [0.15, 0.2) is 23.1 Å². The van der Waals surface area contributed by atoms with Crippen molar-refractivity contribution < 1.29 is 4.42 Å². The molecule has 0 radical (unpaired) electrons. The number of fused-ring (bicyclic) bond motifs is 5. The first kappa shape index (κ1) is 33.8. The third-order valence-corrected chi connectivity index (χ3v) is 11.7. The third kappa shape index (κ3) is 6.13. The summed E-state index contributed by atoms with van der Waals surface area (Å²) in [6, 6.07) is 66.9. The predicted octanol–water partition coefficient (Wildman–Crippen LogP) is 14.0. The fourth-order valence-corrected chi connectivity index (χ4v) is 8.85. The molecule has 0 bridgehead atoms. The van der Waals surface area contributed by atoms with Gasteiger partial charge in [-0.2, -0.15) is 0 Å². The molecule has 0 saturated heterocycles. The van der Waals surface area contributed by atoms with E-state index in [1.165, 1.54) is 20.5 Å². The van der Waals surface area contributed by atoms with Crippen LogP contribution in [0.15, 0.2) is 199 Å². The number of nitrogens with zero attached hydrogens (tertiary/aromatic N) is 4. The molecule has 0 unspecified atom stereocenters. The Morgan fingerprint density at radius 2 is 0.793 bits per heavy atom. The van der Waals surface area contributed by atoms with Gasteiger partial charge in [-0.05, 0) is 69.8 Å². The molecule has 0 atom stereocenters. The second kappa shape index (κ2) is 14.2. The third-order valence-electron chi connectivity index (χ3n) is 10.6. The Labute approximate surface area is 338 Å². The van der Waals surface area contributed by atoms with Crippen molar-refractivity contribution in [1.29, 1.82) is 0 Å². The number of hydrogen-bond acceptors (Lipinski definition) is 6. The number of hydrogen-bond donors (Lipinski definition) is 0. The largest absolute Gasteiger partial charge is 0.436 e. The number of benzene rings is 8. The molecule has 6 heteroatoms. The number of oxazole rings is 1. The fraction of sp³-hybridized carbons (Fsp3) is 0. The summed E-state index contributed by atoms with van der Waals surface area (Å²) in [5.74, 6) is 2.47. The van der Waals surface area contributed by atoms with Gasteiger partial charge in [0.25, 0.3) is 0 Å². The lowest BCUT2D eigenvalue weighted by Gasteiger charge is -2.11. The molecule has 0 fully saturated rings. The van der Waals surface area contributed by atoms with Crippen LogP contribution in [-0.4, -0.2) is 19.9 Å². The number of thiophene rings is 1. The van der Waals surface area contributed by atoms with Crippen LogP contribution in [0.25, 0.3) is 110 Å². The van der Waals surface area contributed by atoms with Crippen LogP contribution < -0.4 is 0 Å². The molecule has 8 aromatic carbocycles. The maximum Gasteiger partial charge on any atom is 0.227 e.